The maximum atomic E-state index is 12.9. The Labute approximate surface area is 165 Å². The fourth-order valence-corrected chi connectivity index (χ4v) is 3.41. The number of ketones is 1. The van der Waals surface area contributed by atoms with Crippen molar-refractivity contribution in [2.24, 2.45) is 5.92 Å². The fraction of sp³-hybridized carbons (Fsp3) is 0.409. The number of amides is 1. The Morgan fingerprint density at radius 1 is 1.21 bits per heavy atom. The number of pyridine rings is 1. The van der Waals surface area contributed by atoms with Crippen LogP contribution in [0.4, 0.5) is 0 Å². The van der Waals surface area contributed by atoms with Crippen LogP contribution in [0.5, 0.6) is 5.75 Å². The number of hydrogen-bond acceptors (Lipinski definition) is 5. The molecule has 2 heterocycles. The van der Waals surface area contributed by atoms with Gasteiger partial charge in [0, 0.05) is 44.4 Å². The van der Waals surface area contributed by atoms with Crippen LogP contribution in [0.25, 0.3) is 0 Å². The Balaban J connectivity index is 1.85. The lowest BCUT2D eigenvalue weighted by molar-refractivity contribution is 0.0601. The molecule has 1 N–H and O–H groups in total. The number of ether oxygens (including phenoxy) is 2. The molecule has 0 bridgehead atoms. The van der Waals surface area contributed by atoms with Crippen molar-refractivity contribution in [3.05, 3.63) is 58.9 Å². The molecule has 148 valence electrons. The average Bonchev–Trinajstić information content (AvgIpc) is 2.73. The topological polar surface area (TPSA) is 77.5 Å². The number of methoxy groups -OCH3 is 1. The lowest BCUT2D eigenvalue weighted by Crippen LogP contribution is -2.22. The van der Waals surface area contributed by atoms with Crippen LogP contribution in [0.1, 0.15) is 51.4 Å². The first-order chi connectivity index (χ1) is 13.6. The molecule has 0 unspecified atom stereocenters. The lowest BCUT2D eigenvalue weighted by atomic mass is 9.91. The third kappa shape index (κ3) is 5.16. The van der Waals surface area contributed by atoms with Crippen molar-refractivity contribution in [2.45, 2.75) is 25.7 Å². The summed E-state index contributed by atoms with van der Waals surface area (Å²) in [7, 11) is 3.18. The molecule has 1 fully saturated rings. The van der Waals surface area contributed by atoms with Crippen LogP contribution in [0, 0.1) is 5.92 Å². The molecule has 3 rings (SSSR count). The maximum Gasteiger partial charge on any atom is 0.269 e. The van der Waals surface area contributed by atoms with Crippen molar-refractivity contribution in [1.82, 2.24) is 10.3 Å². The van der Waals surface area contributed by atoms with E-state index in [1.165, 1.54) is 0 Å². The summed E-state index contributed by atoms with van der Waals surface area (Å²) in [6, 6.07) is 11.1. The number of nitrogens with one attached hydrogen (secondary N) is 1. The molecule has 1 saturated heterocycles. The fourth-order valence-electron chi connectivity index (χ4n) is 3.41. The number of Topliss-reactive ketones (excluding diaryl/α,β-unsaturated/α-hetero) is 1. The highest BCUT2D eigenvalue weighted by molar-refractivity contribution is 5.99. The van der Waals surface area contributed by atoms with E-state index in [0.29, 0.717) is 43.2 Å². The second-order valence-corrected chi connectivity index (χ2v) is 7.02. The molecule has 0 spiro atoms. The summed E-state index contributed by atoms with van der Waals surface area (Å²) in [5, 5.41) is 2.59. The highest BCUT2D eigenvalue weighted by atomic mass is 16.5. The van der Waals surface area contributed by atoms with Gasteiger partial charge in [-0.1, -0.05) is 12.1 Å². The van der Waals surface area contributed by atoms with Crippen LogP contribution in [-0.2, 0) is 11.2 Å². The summed E-state index contributed by atoms with van der Waals surface area (Å²) in [5.41, 5.74) is 2.49. The molecular formula is C22H26N2O4. The third-order valence-electron chi connectivity index (χ3n) is 4.99. The van der Waals surface area contributed by atoms with Crippen LogP contribution in [0.2, 0.25) is 0 Å². The van der Waals surface area contributed by atoms with Crippen LogP contribution >= 0.6 is 0 Å². The van der Waals surface area contributed by atoms with Gasteiger partial charge in [-0.3, -0.25) is 9.59 Å². The minimum absolute atomic E-state index is 0.0475. The number of rotatable bonds is 7. The molecule has 1 aromatic carbocycles. The van der Waals surface area contributed by atoms with Crippen LogP contribution in [-0.4, -0.2) is 44.0 Å². The number of aromatic nitrogens is 1. The summed E-state index contributed by atoms with van der Waals surface area (Å²) in [6.07, 6.45) is 2.78. The predicted molar refractivity (Wildman–Crippen MR) is 106 cm³/mol. The van der Waals surface area contributed by atoms with E-state index >= 15 is 0 Å². The van der Waals surface area contributed by atoms with Gasteiger partial charge in [0.2, 0.25) is 0 Å². The van der Waals surface area contributed by atoms with E-state index in [0.717, 1.165) is 24.2 Å². The maximum absolute atomic E-state index is 12.9. The third-order valence-corrected chi connectivity index (χ3v) is 4.99. The van der Waals surface area contributed by atoms with E-state index in [1.807, 2.05) is 24.3 Å². The number of carbonyl (C=O) groups is 2. The summed E-state index contributed by atoms with van der Waals surface area (Å²) >= 11 is 0. The molecule has 2 aromatic rings. The Morgan fingerprint density at radius 2 is 2.00 bits per heavy atom. The Bertz CT molecular complexity index is 844. The monoisotopic (exact) mass is 382 g/mol. The first-order valence-corrected chi connectivity index (χ1v) is 9.56. The van der Waals surface area contributed by atoms with E-state index in [-0.39, 0.29) is 17.4 Å². The number of benzene rings is 1. The standard InChI is InChI=1S/C22H26N2O4/c1-23-22(26)20-14-17(21(25)12-15-6-8-28-9-7-15)13-18(24-20)10-16-4-3-5-19(11-16)27-2/h3-5,11,13-15H,6-10,12H2,1-2H3,(H,23,26). The average molecular weight is 382 g/mol. The van der Waals surface area contributed by atoms with E-state index in [4.69, 9.17) is 9.47 Å². The van der Waals surface area contributed by atoms with Crippen molar-refractivity contribution in [2.75, 3.05) is 27.4 Å². The molecular weight excluding hydrogens is 356 g/mol. The second kappa shape index (κ2) is 9.46. The predicted octanol–water partition coefficient (Wildman–Crippen LogP) is 3.04. The molecule has 0 saturated carbocycles. The van der Waals surface area contributed by atoms with Crippen LogP contribution in [0.3, 0.4) is 0 Å². The van der Waals surface area contributed by atoms with Gasteiger partial charge in [0.25, 0.3) is 5.91 Å². The first-order valence-electron chi connectivity index (χ1n) is 9.56. The molecule has 0 aliphatic carbocycles. The lowest BCUT2D eigenvalue weighted by Gasteiger charge is -2.21. The number of hydrogen-bond donors (Lipinski definition) is 1. The van der Waals surface area contributed by atoms with E-state index < -0.39 is 0 Å². The van der Waals surface area contributed by atoms with Crippen molar-refractivity contribution in [3.63, 3.8) is 0 Å². The van der Waals surface area contributed by atoms with Crippen molar-refractivity contribution < 1.29 is 19.1 Å². The Kier molecular flexibility index (Phi) is 6.76. The molecule has 0 radical (unpaired) electrons. The smallest absolute Gasteiger partial charge is 0.269 e. The Morgan fingerprint density at radius 3 is 2.71 bits per heavy atom. The molecule has 1 aliphatic rings. The van der Waals surface area contributed by atoms with Crippen molar-refractivity contribution in [3.8, 4) is 5.75 Å². The second-order valence-electron chi connectivity index (χ2n) is 7.02. The van der Waals surface area contributed by atoms with Crippen LogP contribution < -0.4 is 10.1 Å². The molecule has 1 aromatic heterocycles. The zero-order valence-corrected chi connectivity index (χ0v) is 16.4. The summed E-state index contributed by atoms with van der Waals surface area (Å²) in [5.74, 6) is 0.842. The SMILES string of the molecule is CNC(=O)c1cc(C(=O)CC2CCOCC2)cc(Cc2cccc(OC)c2)n1. The molecule has 6 nitrogen and oxygen atoms in total. The molecule has 28 heavy (non-hydrogen) atoms. The van der Waals surface area contributed by atoms with Gasteiger partial charge < -0.3 is 14.8 Å². The van der Waals surface area contributed by atoms with Gasteiger partial charge in [-0.05, 0) is 48.6 Å². The summed E-state index contributed by atoms with van der Waals surface area (Å²) in [6.45, 7) is 1.41. The minimum atomic E-state index is -0.299. The first kappa shape index (κ1) is 20.0. The largest absolute Gasteiger partial charge is 0.497 e. The van der Waals surface area contributed by atoms with Crippen LogP contribution in [0.15, 0.2) is 36.4 Å². The number of carbonyl (C=O) groups excluding carboxylic acids is 2. The van der Waals surface area contributed by atoms with E-state index in [2.05, 4.69) is 10.3 Å². The molecule has 1 amide bonds. The van der Waals surface area contributed by atoms with Gasteiger partial charge in [-0.2, -0.15) is 0 Å². The highest BCUT2D eigenvalue weighted by Gasteiger charge is 2.20. The van der Waals surface area contributed by atoms with Gasteiger partial charge in [0.05, 0.1) is 7.11 Å². The van der Waals surface area contributed by atoms with Gasteiger partial charge in [0.1, 0.15) is 11.4 Å². The van der Waals surface area contributed by atoms with Gasteiger partial charge in [-0.25, -0.2) is 4.98 Å². The molecule has 1 aliphatic heterocycles. The number of nitrogens with zero attached hydrogens (tertiary/aromatic N) is 1. The summed E-state index contributed by atoms with van der Waals surface area (Å²) in [4.78, 5) is 29.5. The van der Waals surface area contributed by atoms with E-state index in [9.17, 15) is 9.59 Å². The zero-order valence-electron chi connectivity index (χ0n) is 16.4. The van der Waals surface area contributed by atoms with Gasteiger partial charge in [0.15, 0.2) is 5.78 Å². The minimum Gasteiger partial charge on any atom is -0.497 e. The van der Waals surface area contributed by atoms with Crippen molar-refractivity contribution >= 4 is 11.7 Å². The molecule has 0 atom stereocenters. The van der Waals surface area contributed by atoms with E-state index in [1.54, 1.807) is 26.3 Å². The highest BCUT2D eigenvalue weighted by Crippen LogP contribution is 2.22. The summed E-state index contributed by atoms with van der Waals surface area (Å²) < 4.78 is 10.6. The normalized spacial score (nSPS) is 14.5. The van der Waals surface area contributed by atoms with Gasteiger partial charge >= 0.3 is 0 Å². The molecule has 6 heteroatoms. The quantitative estimate of drug-likeness (QED) is 0.745. The van der Waals surface area contributed by atoms with Gasteiger partial charge in [-0.15, -0.1) is 0 Å². The Hall–Kier alpha value is -2.73. The zero-order chi connectivity index (χ0) is 19.9. The van der Waals surface area contributed by atoms with Crippen molar-refractivity contribution in [1.29, 1.82) is 0 Å².